The molecule has 3 nitrogen and oxygen atoms in total. The second-order valence-corrected chi connectivity index (χ2v) is 8.85. The predicted octanol–water partition coefficient (Wildman–Crippen LogP) is 4.51. The van der Waals surface area contributed by atoms with E-state index < -0.39 is 0 Å². The first-order chi connectivity index (χ1) is 14.7. The van der Waals surface area contributed by atoms with E-state index in [-0.39, 0.29) is 41.5 Å². The first-order valence-electron chi connectivity index (χ1n) is 10.8. The number of likely N-dealkylation sites (tertiary alicyclic amines) is 1. The van der Waals surface area contributed by atoms with Crippen LogP contribution in [0.3, 0.4) is 0 Å². The third-order valence-corrected chi connectivity index (χ3v) is 7.30. The maximum atomic E-state index is 13.7. The number of benzene rings is 3. The van der Waals surface area contributed by atoms with Gasteiger partial charge in [-0.05, 0) is 41.2 Å². The van der Waals surface area contributed by atoms with Gasteiger partial charge in [-0.25, -0.2) is 0 Å². The number of amides is 2. The maximum absolute atomic E-state index is 13.7. The monoisotopic (exact) mass is 393 g/mol. The molecule has 30 heavy (non-hydrogen) atoms. The third kappa shape index (κ3) is 2.26. The third-order valence-electron chi connectivity index (χ3n) is 7.30. The van der Waals surface area contributed by atoms with E-state index in [1.807, 2.05) is 49.4 Å². The average molecular weight is 393 g/mol. The number of hydrogen-bond donors (Lipinski definition) is 0. The summed E-state index contributed by atoms with van der Waals surface area (Å²) in [6, 6.07) is 26.7. The lowest BCUT2D eigenvalue weighted by molar-refractivity contribution is -0.142. The van der Waals surface area contributed by atoms with Crippen LogP contribution in [0.4, 0.5) is 0 Å². The van der Waals surface area contributed by atoms with Crippen molar-refractivity contribution in [2.45, 2.75) is 31.2 Å². The van der Waals surface area contributed by atoms with Crippen LogP contribution in [0.2, 0.25) is 0 Å². The second kappa shape index (κ2) is 6.40. The summed E-state index contributed by atoms with van der Waals surface area (Å²) in [5.74, 6) is -0.619. The number of imide groups is 1. The zero-order chi connectivity index (χ0) is 20.4. The van der Waals surface area contributed by atoms with E-state index in [1.54, 1.807) is 4.90 Å². The standard InChI is InChI=1S/C27H23NO2/c1-16(15-17-9-3-2-4-10-17)28-26(29)24-22-18-11-5-6-12-19(18)23(25(24)27(28)30)21-14-8-7-13-20(21)22/h2-14,16,22-25H,15H2,1H3/t16-,22?,23?,24-,25+/m0/s1. The maximum Gasteiger partial charge on any atom is 0.234 e. The molecule has 148 valence electrons. The van der Waals surface area contributed by atoms with Crippen LogP contribution in [0, 0.1) is 11.8 Å². The normalized spacial score (nSPS) is 26.9. The van der Waals surface area contributed by atoms with Gasteiger partial charge in [0.25, 0.3) is 0 Å². The summed E-state index contributed by atoms with van der Waals surface area (Å²) in [5, 5.41) is 0. The van der Waals surface area contributed by atoms with Crippen molar-refractivity contribution < 1.29 is 9.59 Å². The first kappa shape index (κ1) is 17.6. The number of hydrogen-bond acceptors (Lipinski definition) is 2. The largest absolute Gasteiger partial charge is 0.279 e. The Balaban J connectivity index is 1.44. The molecule has 0 aromatic heterocycles. The number of carbonyl (C=O) groups excluding carboxylic acids is 2. The molecule has 0 spiro atoms. The van der Waals surface area contributed by atoms with Gasteiger partial charge in [-0.15, -0.1) is 0 Å². The van der Waals surface area contributed by atoms with Crippen LogP contribution >= 0.6 is 0 Å². The summed E-state index contributed by atoms with van der Waals surface area (Å²) in [5.41, 5.74) is 6.04. The molecule has 0 radical (unpaired) electrons. The van der Waals surface area contributed by atoms with Crippen molar-refractivity contribution in [2.24, 2.45) is 11.8 Å². The summed E-state index contributed by atoms with van der Waals surface area (Å²) < 4.78 is 0. The fraction of sp³-hybridized carbons (Fsp3) is 0.259. The topological polar surface area (TPSA) is 37.4 Å². The minimum Gasteiger partial charge on any atom is -0.279 e. The molecule has 2 bridgehead atoms. The molecular formula is C27H23NO2. The molecule has 3 aromatic rings. The zero-order valence-electron chi connectivity index (χ0n) is 16.9. The van der Waals surface area contributed by atoms with Gasteiger partial charge in [-0.2, -0.15) is 0 Å². The molecule has 0 N–H and O–H groups in total. The lowest BCUT2D eigenvalue weighted by Crippen LogP contribution is -2.41. The van der Waals surface area contributed by atoms with E-state index in [2.05, 4.69) is 36.4 Å². The van der Waals surface area contributed by atoms with Gasteiger partial charge in [0.05, 0.1) is 11.8 Å². The lowest BCUT2D eigenvalue weighted by Gasteiger charge is -2.45. The minimum atomic E-state index is -0.287. The van der Waals surface area contributed by atoms with Crippen LogP contribution in [0.15, 0.2) is 78.9 Å². The lowest BCUT2D eigenvalue weighted by atomic mass is 9.55. The molecule has 4 aliphatic rings. The fourth-order valence-electron chi connectivity index (χ4n) is 6.18. The van der Waals surface area contributed by atoms with Crippen molar-refractivity contribution in [3.8, 4) is 0 Å². The number of rotatable bonds is 3. The Kier molecular flexibility index (Phi) is 3.76. The van der Waals surface area contributed by atoms with Gasteiger partial charge >= 0.3 is 0 Å². The van der Waals surface area contributed by atoms with Crippen LogP contribution < -0.4 is 0 Å². The number of nitrogens with zero attached hydrogens (tertiary/aromatic N) is 1. The van der Waals surface area contributed by atoms with Crippen LogP contribution in [-0.2, 0) is 16.0 Å². The molecule has 3 aromatic carbocycles. The molecule has 0 saturated carbocycles. The molecule has 2 amide bonds. The van der Waals surface area contributed by atoms with Crippen molar-refractivity contribution >= 4 is 11.8 Å². The molecule has 1 fully saturated rings. The van der Waals surface area contributed by atoms with E-state index in [4.69, 9.17) is 0 Å². The molecule has 1 aliphatic heterocycles. The minimum absolute atomic E-state index is 0.00689. The zero-order valence-corrected chi connectivity index (χ0v) is 16.9. The molecule has 0 unspecified atom stereocenters. The van der Waals surface area contributed by atoms with E-state index in [0.29, 0.717) is 6.42 Å². The van der Waals surface area contributed by atoms with Crippen molar-refractivity contribution in [1.29, 1.82) is 0 Å². The van der Waals surface area contributed by atoms with Crippen molar-refractivity contribution in [1.82, 2.24) is 4.90 Å². The highest BCUT2D eigenvalue weighted by Gasteiger charge is 2.61. The second-order valence-electron chi connectivity index (χ2n) is 8.85. The van der Waals surface area contributed by atoms with Crippen LogP contribution in [0.25, 0.3) is 0 Å². The molecular weight excluding hydrogens is 370 g/mol. The summed E-state index contributed by atoms with van der Waals surface area (Å²) in [4.78, 5) is 29.0. The van der Waals surface area contributed by atoms with Crippen molar-refractivity contribution in [3.63, 3.8) is 0 Å². The van der Waals surface area contributed by atoms with Gasteiger partial charge in [0.2, 0.25) is 11.8 Å². The summed E-state index contributed by atoms with van der Waals surface area (Å²) in [6.45, 7) is 2.00. The van der Waals surface area contributed by atoms with Crippen molar-refractivity contribution in [2.75, 3.05) is 0 Å². The first-order valence-corrected chi connectivity index (χ1v) is 10.8. The Labute approximate surface area is 176 Å². The molecule has 3 heteroatoms. The Morgan fingerprint density at radius 3 is 1.50 bits per heavy atom. The Morgan fingerprint density at radius 2 is 1.07 bits per heavy atom. The van der Waals surface area contributed by atoms with Crippen LogP contribution in [-0.4, -0.2) is 22.8 Å². The molecule has 1 heterocycles. The quantitative estimate of drug-likeness (QED) is 0.614. The number of carbonyl (C=O) groups is 2. The Bertz CT molecular complexity index is 1050. The van der Waals surface area contributed by atoms with E-state index in [0.717, 1.165) is 5.56 Å². The summed E-state index contributed by atoms with van der Waals surface area (Å²) >= 11 is 0. The smallest absolute Gasteiger partial charge is 0.234 e. The van der Waals surface area contributed by atoms with Gasteiger partial charge in [0, 0.05) is 17.9 Å². The SMILES string of the molecule is C[C@@H](Cc1ccccc1)N1C(=O)[C@@H]2C3c4ccccc4C(c4ccccc43)[C@@H]2C1=O. The molecule has 3 aliphatic carbocycles. The van der Waals surface area contributed by atoms with Gasteiger partial charge in [-0.3, -0.25) is 14.5 Å². The highest BCUT2D eigenvalue weighted by Crippen LogP contribution is 2.61. The van der Waals surface area contributed by atoms with E-state index in [9.17, 15) is 9.59 Å². The van der Waals surface area contributed by atoms with Gasteiger partial charge in [0.1, 0.15) is 0 Å². The van der Waals surface area contributed by atoms with Crippen LogP contribution in [0.1, 0.15) is 46.6 Å². The highest BCUT2D eigenvalue weighted by molar-refractivity contribution is 6.08. The molecule has 3 atom stereocenters. The van der Waals surface area contributed by atoms with Gasteiger partial charge in [-0.1, -0.05) is 78.9 Å². The van der Waals surface area contributed by atoms with Crippen molar-refractivity contribution in [3.05, 3.63) is 107 Å². The summed E-state index contributed by atoms with van der Waals surface area (Å²) in [6.07, 6.45) is 0.687. The summed E-state index contributed by atoms with van der Waals surface area (Å²) in [7, 11) is 0. The Morgan fingerprint density at radius 1 is 0.667 bits per heavy atom. The van der Waals surface area contributed by atoms with Gasteiger partial charge < -0.3 is 0 Å². The van der Waals surface area contributed by atoms with E-state index in [1.165, 1.54) is 22.3 Å². The Hall–Kier alpha value is -3.20. The van der Waals surface area contributed by atoms with Gasteiger partial charge in [0.15, 0.2) is 0 Å². The predicted molar refractivity (Wildman–Crippen MR) is 115 cm³/mol. The van der Waals surface area contributed by atoms with Crippen LogP contribution in [0.5, 0.6) is 0 Å². The fourth-order valence-corrected chi connectivity index (χ4v) is 6.18. The average Bonchev–Trinajstić information content (AvgIpc) is 3.05. The molecule has 1 saturated heterocycles. The van der Waals surface area contributed by atoms with E-state index >= 15 is 0 Å². The highest BCUT2D eigenvalue weighted by atomic mass is 16.2. The molecule has 7 rings (SSSR count).